The Morgan fingerprint density at radius 3 is 2.53 bits per heavy atom. The first-order chi connectivity index (χ1) is 17.5. The first kappa shape index (κ1) is 25.9. The van der Waals surface area contributed by atoms with E-state index in [4.69, 9.17) is 4.74 Å². The summed E-state index contributed by atoms with van der Waals surface area (Å²) >= 11 is -1.53. The average Bonchev–Trinajstić information content (AvgIpc) is 2.92. The number of methoxy groups -OCH3 is 1. The minimum Gasteiger partial charge on any atom is -0.588 e. The topological polar surface area (TPSA) is 80.8 Å². The lowest BCUT2D eigenvalue weighted by Crippen LogP contribution is -2.49. The Morgan fingerprint density at radius 1 is 1.11 bits per heavy atom. The van der Waals surface area contributed by atoms with Gasteiger partial charge in [0, 0.05) is 32.2 Å². The molecule has 0 saturated carbocycles. The molecule has 1 aliphatic rings. The maximum atomic E-state index is 13.4. The highest BCUT2D eigenvalue weighted by Crippen LogP contribution is 2.29. The van der Waals surface area contributed by atoms with Crippen LogP contribution in [0.25, 0.3) is 0 Å². The monoisotopic (exact) mass is 506 g/mol. The summed E-state index contributed by atoms with van der Waals surface area (Å²) in [6.45, 7) is 6.59. The van der Waals surface area contributed by atoms with Crippen molar-refractivity contribution in [3.8, 4) is 5.75 Å². The van der Waals surface area contributed by atoms with Gasteiger partial charge in [-0.05, 0) is 49.6 Å². The second kappa shape index (κ2) is 12.1. The highest BCUT2D eigenvalue weighted by molar-refractivity contribution is 7.92. The van der Waals surface area contributed by atoms with Crippen LogP contribution >= 0.6 is 0 Å². The molecule has 2 aromatic carbocycles. The number of carbonyl (C=O) groups is 1. The van der Waals surface area contributed by atoms with Gasteiger partial charge in [0.15, 0.2) is 4.90 Å². The zero-order valence-corrected chi connectivity index (χ0v) is 22.0. The van der Waals surface area contributed by atoms with Crippen LogP contribution in [0.4, 0.5) is 11.4 Å². The number of para-hydroxylation sites is 2. The quantitative estimate of drug-likeness (QED) is 0.419. The van der Waals surface area contributed by atoms with Gasteiger partial charge in [-0.25, -0.2) is 4.72 Å². The van der Waals surface area contributed by atoms with Crippen molar-refractivity contribution >= 4 is 28.6 Å². The maximum Gasteiger partial charge on any atom is 0.256 e. The van der Waals surface area contributed by atoms with Crippen molar-refractivity contribution in [3.05, 3.63) is 77.6 Å². The van der Waals surface area contributed by atoms with E-state index in [-0.39, 0.29) is 5.91 Å². The van der Waals surface area contributed by atoms with Crippen LogP contribution in [0, 0.1) is 6.92 Å². The minimum atomic E-state index is -1.53. The van der Waals surface area contributed by atoms with Crippen molar-refractivity contribution in [3.63, 3.8) is 0 Å². The Kier molecular flexibility index (Phi) is 8.72. The molecule has 0 bridgehead atoms. The van der Waals surface area contributed by atoms with Gasteiger partial charge in [0.1, 0.15) is 17.1 Å². The van der Waals surface area contributed by atoms with Gasteiger partial charge >= 0.3 is 0 Å². The van der Waals surface area contributed by atoms with Crippen molar-refractivity contribution < 1.29 is 14.1 Å². The molecule has 1 aliphatic heterocycles. The van der Waals surface area contributed by atoms with Crippen molar-refractivity contribution in [1.82, 2.24) is 9.88 Å². The minimum absolute atomic E-state index is 0.0844. The lowest BCUT2D eigenvalue weighted by atomic mass is 10.1. The van der Waals surface area contributed by atoms with E-state index in [1.54, 1.807) is 19.4 Å². The number of anilines is 2. The summed E-state index contributed by atoms with van der Waals surface area (Å²) in [7, 11) is 1.67. The van der Waals surface area contributed by atoms with Crippen LogP contribution < -0.4 is 14.4 Å². The molecule has 0 spiro atoms. The number of piperazine rings is 1. The van der Waals surface area contributed by atoms with Crippen LogP contribution in [0.15, 0.2) is 65.7 Å². The predicted octanol–water partition coefficient (Wildman–Crippen LogP) is 4.84. The molecule has 3 aromatic rings. The van der Waals surface area contributed by atoms with E-state index >= 15 is 0 Å². The molecule has 4 rings (SSSR count). The number of aryl methyl sites for hydroxylation is 2. The second-order valence-corrected chi connectivity index (χ2v) is 10.1. The highest BCUT2D eigenvalue weighted by atomic mass is 32.2. The normalized spacial score (nSPS) is 14.4. The lowest BCUT2D eigenvalue weighted by molar-refractivity contribution is 0.0745. The Morgan fingerprint density at radius 2 is 1.83 bits per heavy atom. The van der Waals surface area contributed by atoms with Crippen LogP contribution in [0.5, 0.6) is 5.75 Å². The standard InChI is InChI=1S/C28H34N4O3S/c1-4-5-8-22-11-13-23(14-12-22)30-36(34)24-19-25(21(2)29-20-24)28(33)32-17-15-31(16-18-32)26-9-6-7-10-27(26)35-3/h6-7,9-14,19-20,30H,4-5,8,15-18H2,1-3H3. The number of hydrogen-bond donors (Lipinski definition) is 1. The van der Waals surface area contributed by atoms with Crippen LogP contribution in [0.2, 0.25) is 0 Å². The van der Waals surface area contributed by atoms with Gasteiger partial charge in [-0.1, -0.05) is 37.6 Å². The summed E-state index contributed by atoms with van der Waals surface area (Å²) < 4.78 is 21.5. The first-order valence-electron chi connectivity index (χ1n) is 12.4. The van der Waals surface area contributed by atoms with Crippen molar-refractivity contribution in [1.29, 1.82) is 0 Å². The molecule has 1 saturated heterocycles. The summed E-state index contributed by atoms with van der Waals surface area (Å²) in [5.41, 5.74) is 4.20. The van der Waals surface area contributed by atoms with Gasteiger partial charge in [0.25, 0.3) is 5.91 Å². The van der Waals surface area contributed by atoms with E-state index in [9.17, 15) is 9.35 Å². The molecule has 1 amide bonds. The summed E-state index contributed by atoms with van der Waals surface area (Å²) in [5, 5.41) is 0. The van der Waals surface area contributed by atoms with Crippen LogP contribution in [-0.2, 0) is 17.8 Å². The molecule has 1 fully saturated rings. The van der Waals surface area contributed by atoms with Crippen LogP contribution in [0.3, 0.4) is 0 Å². The average molecular weight is 507 g/mol. The molecular formula is C28H34N4O3S. The summed E-state index contributed by atoms with van der Waals surface area (Å²) in [4.78, 5) is 22.3. The van der Waals surface area contributed by atoms with Gasteiger partial charge in [0.2, 0.25) is 0 Å². The number of ether oxygens (including phenoxy) is 1. The number of unbranched alkanes of at least 4 members (excludes halogenated alkanes) is 1. The smallest absolute Gasteiger partial charge is 0.256 e. The molecule has 2 heterocycles. The SMILES string of the molecule is CCCCc1ccc(N[S+]([O-])c2cnc(C)c(C(=O)N3CCN(c4ccccc4OC)CC3)c2)cc1. The van der Waals surface area contributed by atoms with Crippen LogP contribution in [0.1, 0.15) is 41.4 Å². The molecule has 0 aliphatic carbocycles. The van der Waals surface area contributed by atoms with E-state index in [2.05, 4.69) is 33.7 Å². The number of aromatic nitrogens is 1. The third kappa shape index (κ3) is 6.12. The number of benzene rings is 2. The third-order valence-corrected chi connectivity index (χ3v) is 7.56. The number of amides is 1. The van der Waals surface area contributed by atoms with Crippen molar-refractivity contribution in [2.45, 2.75) is 38.0 Å². The molecule has 0 radical (unpaired) electrons. The maximum absolute atomic E-state index is 13.4. The fourth-order valence-electron chi connectivity index (χ4n) is 4.33. The number of carbonyl (C=O) groups excluding carboxylic acids is 1. The number of nitrogens with zero attached hydrogens (tertiary/aromatic N) is 3. The Labute approximate surface area is 216 Å². The predicted molar refractivity (Wildman–Crippen MR) is 145 cm³/mol. The molecule has 1 unspecified atom stereocenters. The molecule has 7 nitrogen and oxygen atoms in total. The Balaban J connectivity index is 1.40. The second-order valence-electron chi connectivity index (χ2n) is 8.93. The number of nitrogens with one attached hydrogen (secondary N) is 1. The fourth-order valence-corrected chi connectivity index (χ4v) is 5.17. The van der Waals surface area contributed by atoms with Crippen molar-refractivity contribution in [2.24, 2.45) is 0 Å². The van der Waals surface area contributed by atoms with Gasteiger partial charge in [-0.3, -0.25) is 9.78 Å². The van der Waals surface area contributed by atoms with Crippen LogP contribution in [-0.4, -0.2) is 53.6 Å². The summed E-state index contributed by atoms with van der Waals surface area (Å²) in [6, 6.07) is 17.6. The molecular weight excluding hydrogens is 472 g/mol. The third-order valence-electron chi connectivity index (χ3n) is 6.48. The molecule has 8 heteroatoms. The number of rotatable bonds is 9. The number of hydrogen-bond acceptors (Lipinski definition) is 6. The summed E-state index contributed by atoms with van der Waals surface area (Å²) in [5.74, 6) is 0.745. The Hall–Kier alpha value is -3.23. The van der Waals surface area contributed by atoms with E-state index < -0.39 is 11.4 Å². The fraction of sp³-hybridized carbons (Fsp3) is 0.357. The number of pyridine rings is 1. The zero-order valence-electron chi connectivity index (χ0n) is 21.2. The van der Waals surface area contributed by atoms with E-state index in [1.807, 2.05) is 48.2 Å². The first-order valence-corrected chi connectivity index (χ1v) is 13.6. The highest BCUT2D eigenvalue weighted by Gasteiger charge is 2.26. The van der Waals surface area contributed by atoms with Gasteiger partial charge in [0.05, 0.1) is 35.9 Å². The molecule has 1 N–H and O–H groups in total. The zero-order chi connectivity index (χ0) is 25.5. The molecule has 1 aromatic heterocycles. The van der Waals surface area contributed by atoms with E-state index in [0.717, 1.165) is 36.4 Å². The van der Waals surface area contributed by atoms with Gasteiger partial charge in [-0.15, -0.1) is 0 Å². The van der Waals surface area contributed by atoms with E-state index in [1.165, 1.54) is 5.56 Å². The van der Waals surface area contributed by atoms with Gasteiger partial charge in [-0.2, -0.15) is 0 Å². The van der Waals surface area contributed by atoms with Gasteiger partial charge < -0.3 is 19.1 Å². The molecule has 1 atom stereocenters. The molecule has 36 heavy (non-hydrogen) atoms. The largest absolute Gasteiger partial charge is 0.588 e. The van der Waals surface area contributed by atoms with Crippen molar-refractivity contribution in [2.75, 3.05) is 42.9 Å². The lowest BCUT2D eigenvalue weighted by Gasteiger charge is -2.36. The Bertz CT molecular complexity index is 1160. The van der Waals surface area contributed by atoms with E-state index in [0.29, 0.717) is 42.3 Å². The summed E-state index contributed by atoms with van der Waals surface area (Å²) in [6.07, 6.45) is 4.92. The molecule has 190 valence electrons.